The average molecular weight is 500 g/mol. The average Bonchev–Trinajstić information content (AvgIpc) is 3.05. The van der Waals surface area contributed by atoms with E-state index in [1.807, 2.05) is 42.5 Å². The first-order valence-electron chi connectivity index (χ1n) is 12.3. The van der Waals surface area contributed by atoms with E-state index in [4.69, 9.17) is 23.2 Å². The van der Waals surface area contributed by atoms with Gasteiger partial charge in [0.15, 0.2) is 0 Å². The minimum Gasteiger partial charge on any atom is -0.352 e. The summed E-state index contributed by atoms with van der Waals surface area (Å²) in [6.07, 6.45) is 8.82. The molecule has 0 saturated heterocycles. The first-order chi connectivity index (χ1) is 16.4. The van der Waals surface area contributed by atoms with Crippen molar-refractivity contribution in [2.45, 2.75) is 74.8 Å². The highest BCUT2D eigenvalue weighted by molar-refractivity contribution is 6.31. The number of carbonyl (C=O) groups excluding carboxylic acids is 2. The monoisotopic (exact) mass is 499 g/mol. The minimum atomic E-state index is -0.860. The Hall–Kier alpha value is -2.08. The molecule has 1 atom stereocenters. The van der Waals surface area contributed by atoms with Crippen LogP contribution in [0.25, 0.3) is 0 Å². The maximum atomic E-state index is 13.8. The molecule has 1 aliphatic heterocycles. The number of nitrogens with one attached hydrogen (secondary N) is 3. The summed E-state index contributed by atoms with van der Waals surface area (Å²) in [6.45, 7) is 0.198. The van der Waals surface area contributed by atoms with Crippen LogP contribution in [0.15, 0.2) is 42.5 Å². The summed E-state index contributed by atoms with van der Waals surface area (Å²) >= 11 is 12.6. The fourth-order valence-corrected chi connectivity index (χ4v) is 6.56. The van der Waals surface area contributed by atoms with E-state index in [1.54, 1.807) is 0 Å². The van der Waals surface area contributed by atoms with Crippen LogP contribution in [0.2, 0.25) is 10.0 Å². The number of fused-ring (bicyclic) bond motifs is 1. The van der Waals surface area contributed by atoms with Gasteiger partial charge in [-0.05, 0) is 73.9 Å². The third-order valence-corrected chi connectivity index (χ3v) is 8.49. The Bertz CT molecular complexity index is 1100. The summed E-state index contributed by atoms with van der Waals surface area (Å²) in [6, 6.07) is 13.6. The van der Waals surface area contributed by atoms with Gasteiger partial charge in [-0.3, -0.25) is 9.59 Å². The smallest absolute Gasteiger partial charge is 0.237 e. The quantitative estimate of drug-likeness (QED) is 0.478. The fourth-order valence-electron chi connectivity index (χ4n) is 6.18. The molecule has 34 heavy (non-hydrogen) atoms. The van der Waals surface area contributed by atoms with Gasteiger partial charge >= 0.3 is 0 Å². The van der Waals surface area contributed by atoms with Crippen LogP contribution >= 0.6 is 23.2 Å². The number of anilines is 1. The second-order valence-corrected chi connectivity index (χ2v) is 10.9. The Morgan fingerprint density at radius 2 is 1.76 bits per heavy atom. The summed E-state index contributed by atoms with van der Waals surface area (Å²) in [5.41, 5.74) is 1.29. The van der Waals surface area contributed by atoms with Gasteiger partial charge in [0, 0.05) is 27.3 Å². The van der Waals surface area contributed by atoms with Crippen LogP contribution in [0.3, 0.4) is 0 Å². The summed E-state index contributed by atoms with van der Waals surface area (Å²) < 4.78 is 0. The van der Waals surface area contributed by atoms with Crippen molar-refractivity contribution in [2.75, 3.05) is 11.9 Å². The molecular formula is C27H31Cl2N3O2. The maximum absolute atomic E-state index is 13.8. The minimum absolute atomic E-state index is 0.00538. The molecule has 2 aromatic carbocycles. The van der Waals surface area contributed by atoms with Gasteiger partial charge in [-0.2, -0.15) is 0 Å². The zero-order valence-electron chi connectivity index (χ0n) is 19.3. The van der Waals surface area contributed by atoms with Crippen molar-refractivity contribution < 1.29 is 9.59 Å². The van der Waals surface area contributed by atoms with Crippen molar-refractivity contribution in [3.8, 4) is 0 Å². The van der Waals surface area contributed by atoms with Crippen LogP contribution < -0.4 is 16.0 Å². The third-order valence-electron chi connectivity index (χ3n) is 8.02. The van der Waals surface area contributed by atoms with E-state index in [0.29, 0.717) is 16.5 Å². The predicted molar refractivity (Wildman–Crippen MR) is 137 cm³/mol. The van der Waals surface area contributed by atoms with Crippen molar-refractivity contribution in [3.63, 3.8) is 0 Å². The predicted octanol–water partition coefficient (Wildman–Crippen LogP) is 5.39. The second kappa shape index (κ2) is 9.52. The highest BCUT2D eigenvalue weighted by Crippen LogP contribution is 2.55. The van der Waals surface area contributed by atoms with Crippen LogP contribution in [0.1, 0.15) is 62.5 Å². The first-order valence-corrected chi connectivity index (χ1v) is 13.1. The second-order valence-electron chi connectivity index (χ2n) is 10.0. The summed E-state index contributed by atoms with van der Waals surface area (Å²) in [7, 11) is 0. The molecule has 2 fully saturated rings. The molecule has 1 unspecified atom stereocenters. The Labute approximate surface area is 211 Å². The highest BCUT2D eigenvalue weighted by Gasteiger charge is 2.63. The van der Waals surface area contributed by atoms with E-state index in [9.17, 15) is 9.59 Å². The third kappa shape index (κ3) is 4.23. The molecule has 3 N–H and O–H groups in total. The van der Waals surface area contributed by atoms with E-state index in [0.717, 1.165) is 48.9 Å². The lowest BCUT2D eigenvalue weighted by molar-refractivity contribution is -0.128. The molecular weight excluding hydrogens is 469 g/mol. The van der Waals surface area contributed by atoms with Gasteiger partial charge < -0.3 is 16.0 Å². The topological polar surface area (TPSA) is 70.2 Å². The largest absolute Gasteiger partial charge is 0.352 e. The van der Waals surface area contributed by atoms with Crippen molar-refractivity contribution in [3.05, 3.63) is 63.6 Å². The normalized spacial score (nSPS) is 23.6. The van der Waals surface area contributed by atoms with Crippen LogP contribution in [-0.2, 0) is 21.4 Å². The summed E-state index contributed by atoms with van der Waals surface area (Å²) in [5, 5.41) is 11.1. The molecule has 2 amide bonds. The fraction of sp³-hybridized carbons (Fsp3) is 0.481. The lowest BCUT2D eigenvalue weighted by Crippen LogP contribution is -2.69. The Kier molecular flexibility index (Phi) is 6.62. The molecule has 180 valence electrons. The molecule has 1 heterocycles. The molecule has 0 bridgehead atoms. The van der Waals surface area contributed by atoms with E-state index >= 15 is 0 Å². The van der Waals surface area contributed by atoms with Gasteiger partial charge in [0.1, 0.15) is 0 Å². The van der Waals surface area contributed by atoms with E-state index in [1.165, 1.54) is 19.3 Å². The number of carbonyl (C=O) groups is 2. The number of halogens is 2. The number of rotatable bonds is 7. The molecule has 7 heteroatoms. The molecule has 3 aliphatic rings. The Morgan fingerprint density at radius 3 is 2.47 bits per heavy atom. The van der Waals surface area contributed by atoms with Crippen LogP contribution in [0.5, 0.6) is 0 Å². The number of benzene rings is 2. The van der Waals surface area contributed by atoms with Crippen LogP contribution in [0, 0.1) is 0 Å². The highest BCUT2D eigenvalue weighted by atomic mass is 35.5. The van der Waals surface area contributed by atoms with Gasteiger partial charge in [0.25, 0.3) is 0 Å². The number of hydrogen-bond donors (Lipinski definition) is 3. The SMILES string of the molecule is O=C(CNC1(C2(Cc3cccc(Cl)c3)C(=O)Nc3cc(Cl)ccc32)CCC1)NC1CCCCC1. The lowest BCUT2D eigenvalue weighted by atomic mass is 9.54. The molecule has 2 aromatic rings. The standard InChI is InChI=1S/C27H31Cl2N3O2/c28-19-7-4-6-18(14-19)16-27(22-11-10-20(29)15-23(22)32-25(27)34)26(12-5-13-26)30-17-24(33)31-21-8-2-1-3-9-21/h4,6-7,10-11,14-15,21,30H,1-3,5,8-9,12-13,16-17H2,(H,31,33)(H,32,34). The van der Waals surface area contributed by atoms with Crippen LogP contribution in [-0.4, -0.2) is 29.9 Å². The number of hydrogen-bond acceptors (Lipinski definition) is 3. The lowest BCUT2D eigenvalue weighted by Gasteiger charge is -2.54. The Morgan fingerprint density at radius 1 is 1.00 bits per heavy atom. The van der Waals surface area contributed by atoms with E-state index in [2.05, 4.69) is 16.0 Å². The van der Waals surface area contributed by atoms with Crippen molar-refractivity contribution in [1.82, 2.24) is 10.6 Å². The maximum Gasteiger partial charge on any atom is 0.237 e. The number of amides is 2. The van der Waals surface area contributed by atoms with Gasteiger partial charge in [-0.15, -0.1) is 0 Å². The van der Waals surface area contributed by atoms with Gasteiger partial charge in [0.05, 0.1) is 12.0 Å². The summed E-state index contributed by atoms with van der Waals surface area (Å²) in [5.74, 6) is -0.0459. The van der Waals surface area contributed by atoms with Gasteiger partial charge in [-0.1, -0.05) is 60.7 Å². The van der Waals surface area contributed by atoms with Crippen LogP contribution in [0.4, 0.5) is 5.69 Å². The van der Waals surface area contributed by atoms with E-state index in [-0.39, 0.29) is 24.4 Å². The van der Waals surface area contributed by atoms with Gasteiger partial charge in [-0.25, -0.2) is 0 Å². The van der Waals surface area contributed by atoms with E-state index < -0.39 is 11.0 Å². The molecule has 2 saturated carbocycles. The first kappa shape index (κ1) is 23.7. The zero-order chi connectivity index (χ0) is 23.8. The molecule has 5 rings (SSSR count). The molecule has 0 aromatic heterocycles. The molecule has 0 radical (unpaired) electrons. The van der Waals surface area contributed by atoms with Crippen molar-refractivity contribution in [1.29, 1.82) is 0 Å². The van der Waals surface area contributed by atoms with Crippen molar-refractivity contribution in [2.24, 2.45) is 0 Å². The summed E-state index contributed by atoms with van der Waals surface area (Å²) in [4.78, 5) is 26.7. The van der Waals surface area contributed by atoms with Crippen molar-refractivity contribution >= 4 is 40.7 Å². The molecule has 2 aliphatic carbocycles. The van der Waals surface area contributed by atoms with Gasteiger partial charge in [0.2, 0.25) is 11.8 Å². The Balaban J connectivity index is 1.47. The zero-order valence-corrected chi connectivity index (χ0v) is 20.8. The molecule has 0 spiro atoms. The molecule has 5 nitrogen and oxygen atoms in total.